The molecule has 0 aliphatic carbocycles. The molecule has 0 saturated carbocycles. The first-order valence-electron chi connectivity index (χ1n) is 8.93. The van der Waals surface area contributed by atoms with Crippen molar-refractivity contribution in [1.82, 2.24) is 5.32 Å². The summed E-state index contributed by atoms with van der Waals surface area (Å²) in [5.74, 6) is -1.26. The Morgan fingerprint density at radius 2 is 1.48 bits per heavy atom. The minimum atomic E-state index is -0.665. The van der Waals surface area contributed by atoms with E-state index in [4.69, 9.17) is 39.5 Å². The molecule has 2 amide bonds. The van der Waals surface area contributed by atoms with E-state index in [1.807, 2.05) is 0 Å². The zero-order chi connectivity index (χ0) is 22.4. The predicted octanol–water partition coefficient (Wildman–Crippen LogP) is 5.23. The molecule has 9 heteroatoms. The van der Waals surface area contributed by atoms with Crippen LogP contribution in [-0.2, 0) is 4.79 Å². The number of hydrogen-bond donors (Lipinski definition) is 2. The molecule has 0 heterocycles. The summed E-state index contributed by atoms with van der Waals surface area (Å²) in [6.45, 7) is -0.343. The first-order valence-corrected chi connectivity index (χ1v) is 10.1. The number of rotatable bonds is 6. The van der Waals surface area contributed by atoms with Gasteiger partial charge in [-0.3, -0.25) is 9.59 Å². The Kier molecular flexibility index (Phi) is 7.52. The summed E-state index contributed by atoms with van der Waals surface area (Å²) in [6.07, 6.45) is 0. The highest BCUT2D eigenvalue weighted by Crippen LogP contribution is 2.22. The third kappa shape index (κ3) is 6.21. The first kappa shape index (κ1) is 22.6. The van der Waals surface area contributed by atoms with Crippen molar-refractivity contribution in [2.45, 2.75) is 0 Å². The SMILES string of the molecule is O=C(CNC(=O)c1ccc(Cl)c(Cl)c1)Oc1ccc(NC(=O)c2ccccc2Cl)cc1. The largest absolute Gasteiger partial charge is 0.425 e. The molecule has 3 aromatic carbocycles. The van der Waals surface area contributed by atoms with Gasteiger partial charge in [0.05, 0.1) is 20.6 Å². The van der Waals surface area contributed by atoms with Gasteiger partial charge in [-0.15, -0.1) is 0 Å². The van der Waals surface area contributed by atoms with E-state index in [-0.39, 0.29) is 28.8 Å². The Bertz CT molecular complexity index is 1130. The second-order valence-electron chi connectivity index (χ2n) is 6.24. The number of halogens is 3. The number of carbonyl (C=O) groups excluding carboxylic acids is 3. The summed E-state index contributed by atoms with van der Waals surface area (Å²) >= 11 is 17.7. The second kappa shape index (κ2) is 10.3. The Morgan fingerprint density at radius 3 is 2.16 bits per heavy atom. The molecule has 0 aliphatic rings. The average Bonchev–Trinajstić information content (AvgIpc) is 2.75. The van der Waals surface area contributed by atoms with Gasteiger partial charge >= 0.3 is 5.97 Å². The van der Waals surface area contributed by atoms with E-state index in [2.05, 4.69) is 10.6 Å². The van der Waals surface area contributed by atoms with E-state index >= 15 is 0 Å². The van der Waals surface area contributed by atoms with Crippen LogP contribution in [0.25, 0.3) is 0 Å². The van der Waals surface area contributed by atoms with Crippen LogP contribution < -0.4 is 15.4 Å². The lowest BCUT2D eigenvalue weighted by atomic mass is 10.2. The summed E-state index contributed by atoms with van der Waals surface area (Å²) in [5.41, 5.74) is 1.11. The van der Waals surface area contributed by atoms with Crippen molar-refractivity contribution < 1.29 is 19.1 Å². The van der Waals surface area contributed by atoms with Gasteiger partial charge in [0.2, 0.25) is 0 Å². The highest BCUT2D eigenvalue weighted by molar-refractivity contribution is 6.42. The Morgan fingerprint density at radius 1 is 0.774 bits per heavy atom. The number of anilines is 1. The molecule has 0 aliphatic heterocycles. The zero-order valence-corrected chi connectivity index (χ0v) is 18.1. The summed E-state index contributed by atoms with van der Waals surface area (Å²) < 4.78 is 5.17. The molecule has 0 radical (unpaired) electrons. The van der Waals surface area contributed by atoms with Gasteiger partial charge in [0.1, 0.15) is 12.3 Å². The van der Waals surface area contributed by atoms with Crippen LogP contribution in [0.15, 0.2) is 66.7 Å². The fourth-order valence-electron chi connectivity index (χ4n) is 2.51. The minimum absolute atomic E-state index is 0.235. The van der Waals surface area contributed by atoms with E-state index in [1.54, 1.807) is 36.4 Å². The maximum absolute atomic E-state index is 12.3. The van der Waals surface area contributed by atoms with Crippen molar-refractivity contribution >= 4 is 58.3 Å². The van der Waals surface area contributed by atoms with E-state index < -0.39 is 11.9 Å². The van der Waals surface area contributed by atoms with Gasteiger partial charge in [0, 0.05) is 11.3 Å². The van der Waals surface area contributed by atoms with Crippen molar-refractivity contribution in [3.8, 4) is 5.75 Å². The number of amides is 2. The quantitative estimate of drug-likeness (QED) is 0.376. The van der Waals surface area contributed by atoms with Crippen molar-refractivity contribution in [2.75, 3.05) is 11.9 Å². The molecule has 31 heavy (non-hydrogen) atoms. The van der Waals surface area contributed by atoms with E-state index in [0.29, 0.717) is 21.3 Å². The molecule has 3 aromatic rings. The van der Waals surface area contributed by atoms with Gasteiger partial charge in [-0.1, -0.05) is 46.9 Å². The molecule has 0 atom stereocenters. The molecule has 158 valence electrons. The summed E-state index contributed by atoms with van der Waals surface area (Å²) in [7, 11) is 0. The van der Waals surface area contributed by atoms with Crippen LogP contribution in [0.3, 0.4) is 0 Å². The maximum Gasteiger partial charge on any atom is 0.330 e. The molecule has 0 fully saturated rings. The number of carbonyl (C=O) groups is 3. The highest BCUT2D eigenvalue weighted by atomic mass is 35.5. The van der Waals surface area contributed by atoms with Crippen molar-refractivity contribution in [2.24, 2.45) is 0 Å². The number of benzene rings is 3. The smallest absolute Gasteiger partial charge is 0.330 e. The molecular formula is C22H15Cl3N2O4. The lowest BCUT2D eigenvalue weighted by Gasteiger charge is -2.09. The number of ether oxygens (including phenoxy) is 1. The van der Waals surface area contributed by atoms with Crippen molar-refractivity contribution in [1.29, 1.82) is 0 Å². The minimum Gasteiger partial charge on any atom is -0.425 e. The normalized spacial score (nSPS) is 10.3. The van der Waals surface area contributed by atoms with Gasteiger partial charge in [-0.05, 0) is 54.6 Å². The van der Waals surface area contributed by atoms with Crippen molar-refractivity contribution in [3.63, 3.8) is 0 Å². The standard InChI is InChI=1S/C22H15Cl3N2O4/c23-17-4-2-1-3-16(17)22(30)27-14-6-8-15(9-7-14)31-20(28)12-26-21(29)13-5-10-18(24)19(25)11-13/h1-11H,12H2,(H,26,29)(H,27,30). The van der Waals surface area contributed by atoms with Crippen LogP contribution in [0.4, 0.5) is 5.69 Å². The third-order valence-electron chi connectivity index (χ3n) is 4.04. The van der Waals surface area contributed by atoms with Crippen LogP contribution in [0, 0.1) is 0 Å². The first-order chi connectivity index (χ1) is 14.8. The molecule has 0 saturated heterocycles. The van der Waals surface area contributed by atoms with Crippen LogP contribution in [0.1, 0.15) is 20.7 Å². The molecule has 0 spiro atoms. The molecule has 6 nitrogen and oxygen atoms in total. The Labute approximate surface area is 193 Å². The third-order valence-corrected chi connectivity index (χ3v) is 5.11. The lowest BCUT2D eigenvalue weighted by molar-refractivity contribution is -0.133. The molecular weight excluding hydrogens is 463 g/mol. The molecule has 0 unspecified atom stereocenters. The predicted molar refractivity (Wildman–Crippen MR) is 120 cm³/mol. The number of esters is 1. The maximum atomic E-state index is 12.3. The highest BCUT2D eigenvalue weighted by Gasteiger charge is 2.12. The van der Waals surface area contributed by atoms with E-state index in [9.17, 15) is 14.4 Å². The van der Waals surface area contributed by atoms with Crippen LogP contribution >= 0.6 is 34.8 Å². The van der Waals surface area contributed by atoms with Crippen LogP contribution in [-0.4, -0.2) is 24.3 Å². The average molecular weight is 478 g/mol. The van der Waals surface area contributed by atoms with E-state index in [0.717, 1.165) is 0 Å². The molecule has 2 N–H and O–H groups in total. The fourth-order valence-corrected chi connectivity index (χ4v) is 3.03. The summed E-state index contributed by atoms with van der Waals surface area (Å²) in [4.78, 5) is 36.3. The van der Waals surface area contributed by atoms with Gasteiger partial charge in [0.25, 0.3) is 11.8 Å². The summed E-state index contributed by atoms with van der Waals surface area (Å²) in [6, 6.07) is 17.2. The Balaban J connectivity index is 1.51. The zero-order valence-electron chi connectivity index (χ0n) is 15.8. The fraction of sp³-hybridized carbons (Fsp3) is 0.0455. The van der Waals surface area contributed by atoms with Crippen LogP contribution in [0.2, 0.25) is 15.1 Å². The van der Waals surface area contributed by atoms with Gasteiger partial charge < -0.3 is 15.4 Å². The number of hydrogen-bond acceptors (Lipinski definition) is 4. The second-order valence-corrected chi connectivity index (χ2v) is 7.47. The summed E-state index contributed by atoms with van der Waals surface area (Å²) in [5, 5.41) is 6.05. The van der Waals surface area contributed by atoms with Gasteiger partial charge in [-0.25, -0.2) is 4.79 Å². The molecule has 0 bridgehead atoms. The van der Waals surface area contributed by atoms with E-state index in [1.165, 1.54) is 30.3 Å². The van der Waals surface area contributed by atoms with Gasteiger partial charge in [0.15, 0.2) is 0 Å². The molecule has 3 rings (SSSR count). The Hall–Kier alpha value is -3.06. The lowest BCUT2D eigenvalue weighted by Crippen LogP contribution is -2.31. The van der Waals surface area contributed by atoms with Gasteiger partial charge in [-0.2, -0.15) is 0 Å². The molecule has 0 aromatic heterocycles. The number of nitrogens with one attached hydrogen (secondary N) is 2. The van der Waals surface area contributed by atoms with Crippen molar-refractivity contribution in [3.05, 3.63) is 92.9 Å². The monoisotopic (exact) mass is 476 g/mol. The topological polar surface area (TPSA) is 84.5 Å². The van der Waals surface area contributed by atoms with Crippen LogP contribution in [0.5, 0.6) is 5.75 Å².